The van der Waals surface area contributed by atoms with Crippen molar-refractivity contribution in [2.24, 2.45) is 5.92 Å². The van der Waals surface area contributed by atoms with Crippen LogP contribution < -0.4 is 10.6 Å². The Labute approximate surface area is 133 Å². The number of allylic oxidation sites excluding steroid dienone is 1. The van der Waals surface area contributed by atoms with E-state index in [0.717, 1.165) is 57.3 Å². The van der Waals surface area contributed by atoms with Crippen LogP contribution in [0.3, 0.4) is 0 Å². The van der Waals surface area contributed by atoms with Crippen LogP contribution in [0.25, 0.3) is 0 Å². The van der Waals surface area contributed by atoms with E-state index in [9.17, 15) is 9.59 Å². The van der Waals surface area contributed by atoms with Crippen molar-refractivity contribution in [1.29, 1.82) is 0 Å². The van der Waals surface area contributed by atoms with Crippen molar-refractivity contribution >= 4 is 11.8 Å². The van der Waals surface area contributed by atoms with Crippen LogP contribution in [0.2, 0.25) is 0 Å². The molecule has 22 heavy (non-hydrogen) atoms. The highest BCUT2D eigenvalue weighted by atomic mass is 16.2. The molecular weight excluding hydrogens is 278 g/mol. The van der Waals surface area contributed by atoms with Gasteiger partial charge < -0.3 is 15.5 Å². The third kappa shape index (κ3) is 4.57. The van der Waals surface area contributed by atoms with Gasteiger partial charge in [0.15, 0.2) is 0 Å². The number of nitrogens with one attached hydrogen (secondary N) is 2. The van der Waals surface area contributed by atoms with Gasteiger partial charge in [-0.3, -0.25) is 9.59 Å². The van der Waals surface area contributed by atoms with E-state index in [1.54, 1.807) is 0 Å². The molecular formula is C17H29N3O2. The summed E-state index contributed by atoms with van der Waals surface area (Å²) in [5.41, 5.74) is 0.836. The Morgan fingerprint density at radius 1 is 1.32 bits per heavy atom. The Kier molecular flexibility index (Phi) is 6.43. The number of hydrogen-bond donors (Lipinski definition) is 2. The molecule has 2 fully saturated rings. The first-order chi connectivity index (χ1) is 10.6. The van der Waals surface area contributed by atoms with Crippen molar-refractivity contribution in [2.75, 3.05) is 26.2 Å². The zero-order chi connectivity index (χ0) is 15.9. The van der Waals surface area contributed by atoms with Crippen LogP contribution in [0.4, 0.5) is 0 Å². The Bertz CT molecular complexity index is 428. The van der Waals surface area contributed by atoms with Crippen LogP contribution in [-0.2, 0) is 9.59 Å². The molecule has 0 unspecified atom stereocenters. The molecule has 2 rings (SSSR count). The van der Waals surface area contributed by atoms with Gasteiger partial charge in [0.05, 0.1) is 6.04 Å². The lowest BCUT2D eigenvalue weighted by molar-refractivity contribution is -0.128. The Balaban J connectivity index is 1.79. The molecule has 0 aromatic carbocycles. The quantitative estimate of drug-likeness (QED) is 0.756. The lowest BCUT2D eigenvalue weighted by Crippen LogP contribution is -2.46. The average Bonchev–Trinajstić information content (AvgIpc) is 3.07. The first-order valence-electron chi connectivity index (χ1n) is 8.59. The number of amides is 2. The number of rotatable bonds is 5. The van der Waals surface area contributed by atoms with Gasteiger partial charge >= 0.3 is 0 Å². The topological polar surface area (TPSA) is 61.4 Å². The van der Waals surface area contributed by atoms with Gasteiger partial charge in [0.25, 0.3) is 0 Å². The second-order valence-electron chi connectivity index (χ2n) is 6.45. The van der Waals surface area contributed by atoms with Gasteiger partial charge in [-0.15, -0.1) is 0 Å². The summed E-state index contributed by atoms with van der Waals surface area (Å²) < 4.78 is 0. The largest absolute Gasteiger partial charge is 0.354 e. The number of nitrogens with zero attached hydrogens (tertiary/aromatic N) is 1. The molecule has 2 atom stereocenters. The number of likely N-dealkylation sites (tertiary alicyclic amines) is 1. The highest BCUT2D eigenvalue weighted by Gasteiger charge is 2.26. The Morgan fingerprint density at radius 3 is 2.82 bits per heavy atom. The molecule has 5 nitrogen and oxygen atoms in total. The smallest absolute Gasteiger partial charge is 0.249 e. The van der Waals surface area contributed by atoms with Gasteiger partial charge in [-0.05, 0) is 51.5 Å². The molecule has 2 aliphatic rings. The number of carbonyl (C=O) groups excluding carboxylic acids is 2. The predicted octanol–water partition coefficient (Wildman–Crippen LogP) is 1.45. The van der Waals surface area contributed by atoms with E-state index in [0.29, 0.717) is 12.5 Å². The molecule has 2 aliphatic heterocycles. The molecule has 2 amide bonds. The summed E-state index contributed by atoms with van der Waals surface area (Å²) in [6.07, 6.45) is 6.99. The molecule has 0 spiro atoms. The summed E-state index contributed by atoms with van der Waals surface area (Å²) in [4.78, 5) is 26.3. The fourth-order valence-electron chi connectivity index (χ4n) is 3.34. The Morgan fingerprint density at radius 2 is 2.14 bits per heavy atom. The van der Waals surface area contributed by atoms with Crippen LogP contribution in [0.5, 0.6) is 0 Å². The van der Waals surface area contributed by atoms with Crippen LogP contribution in [0.1, 0.15) is 46.0 Å². The summed E-state index contributed by atoms with van der Waals surface area (Å²) in [6, 6.07) is -0.0175. The van der Waals surface area contributed by atoms with Gasteiger partial charge in [0.1, 0.15) is 0 Å². The lowest BCUT2D eigenvalue weighted by atomic mass is 9.97. The van der Waals surface area contributed by atoms with E-state index in [2.05, 4.69) is 10.6 Å². The van der Waals surface area contributed by atoms with E-state index in [1.807, 2.05) is 24.8 Å². The number of piperidine rings is 1. The van der Waals surface area contributed by atoms with Gasteiger partial charge in [-0.2, -0.15) is 0 Å². The number of carbonyl (C=O) groups is 2. The molecule has 2 saturated heterocycles. The van der Waals surface area contributed by atoms with Crippen LogP contribution in [0, 0.1) is 5.92 Å². The minimum atomic E-state index is -0.0175. The highest BCUT2D eigenvalue weighted by Crippen LogP contribution is 2.18. The van der Waals surface area contributed by atoms with E-state index in [4.69, 9.17) is 0 Å². The van der Waals surface area contributed by atoms with Crippen molar-refractivity contribution in [3.8, 4) is 0 Å². The highest BCUT2D eigenvalue weighted by molar-refractivity contribution is 5.92. The standard InChI is InChI=1S/C17H29N3O2/c1-3-6-13(2)17(22)20-10-5-7-14(12-20)11-19-16(21)15-8-4-9-18-15/h6,14-15,18H,3-5,7-12H2,1-2H3,(H,19,21)/b13-6-/t14-,15-/m0/s1. The zero-order valence-electron chi connectivity index (χ0n) is 13.9. The van der Waals surface area contributed by atoms with Gasteiger partial charge in [-0.25, -0.2) is 0 Å². The van der Waals surface area contributed by atoms with E-state index >= 15 is 0 Å². The fraction of sp³-hybridized carbons (Fsp3) is 0.765. The Hall–Kier alpha value is -1.36. The van der Waals surface area contributed by atoms with E-state index < -0.39 is 0 Å². The average molecular weight is 307 g/mol. The first kappa shape index (κ1) is 17.0. The maximum atomic E-state index is 12.3. The second kappa shape index (κ2) is 8.32. The summed E-state index contributed by atoms with van der Waals surface area (Å²) >= 11 is 0. The maximum Gasteiger partial charge on any atom is 0.249 e. The van der Waals surface area contributed by atoms with Crippen molar-refractivity contribution in [2.45, 2.75) is 52.0 Å². The third-order valence-corrected chi connectivity index (χ3v) is 4.60. The second-order valence-corrected chi connectivity index (χ2v) is 6.45. The summed E-state index contributed by atoms with van der Waals surface area (Å²) in [7, 11) is 0. The SMILES string of the molecule is CC/C=C(/C)C(=O)N1CCC[C@@H](CNC(=O)[C@@H]2CCCN2)C1. The molecule has 0 aliphatic carbocycles. The first-order valence-corrected chi connectivity index (χ1v) is 8.59. The van der Waals surface area contributed by atoms with Crippen LogP contribution >= 0.6 is 0 Å². The van der Waals surface area contributed by atoms with Crippen molar-refractivity contribution in [3.05, 3.63) is 11.6 Å². The summed E-state index contributed by atoms with van der Waals surface area (Å²) in [5.74, 6) is 0.635. The molecule has 0 aromatic rings. The van der Waals surface area contributed by atoms with Gasteiger partial charge in [0.2, 0.25) is 11.8 Å². The van der Waals surface area contributed by atoms with Gasteiger partial charge in [-0.1, -0.05) is 13.0 Å². The monoisotopic (exact) mass is 307 g/mol. The van der Waals surface area contributed by atoms with Gasteiger partial charge in [0, 0.05) is 25.2 Å². The molecule has 0 aromatic heterocycles. The zero-order valence-corrected chi connectivity index (χ0v) is 13.9. The van der Waals surface area contributed by atoms with Crippen LogP contribution in [-0.4, -0.2) is 48.9 Å². The minimum absolute atomic E-state index is 0.0175. The van der Waals surface area contributed by atoms with E-state index in [1.165, 1.54) is 0 Å². The normalized spacial score (nSPS) is 26.1. The molecule has 2 N–H and O–H groups in total. The van der Waals surface area contributed by atoms with Crippen LogP contribution in [0.15, 0.2) is 11.6 Å². The lowest BCUT2D eigenvalue weighted by Gasteiger charge is -2.33. The van der Waals surface area contributed by atoms with Crippen molar-refractivity contribution in [1.82, 2.24) is 15.5 Å². The molecule has 0 saturated carbocycles. The minimum Gasteiger partial charge on any atom is -0.354 e. The maximum absolute atomic E-state index is 12.3. The number of hydrogen-bond acceptors (Lipinski definition) is 3. The summed E-state index contributed by atoms with van der Waals surface area (Å²) in [5, 5.41) is 6.27. The van der Waals surface area contributed by atoms with Crippen molar-refractivity contribution in [3.63, 3.8) is 0 Å². The molecule has 5 heteroatoms. The molecule has 0 bridgehead atoms. The predicted molar refractivity (Wildman–Crippen MR) is 87.4 cm³/mol. The molecule has 2 heterocycles. The third-order valence-electron chi connectivity index (χ3n) is 4.60. The molecule has 0 radical (unpaired) electrons. The molecule has 124 valence electrons. The van der Waals surface area contributed by atoms with Crippen molar-refractivity contribution < 1.29 is 9.59 Å². The van der Waals surface area contributed by atoms with E-state index in [-0.39, 0.29) is 17.9 Å². The summed E-state index contributed by atoms with van der Waals surface area (Å²) in [6.45, 7) is 7.14. The fourth-order valence-corrected chi connectivity index (χ4v) is 3.34.